The predicted molar refractivity (Wildman–Crippen MR) is 105 cm³/mol. The molecule has 0 spiro atoms. The molecule has 0 aliphatic heterocycles. The van der Waals surface area contributed by atoms with Gasteiger partial charge in [-0.15, -0.1) is 0 Å². The quantitative estimate of drug-likeness (QED) is 0.707. The maximum Gasteiger partial charge on any atom is 0.261 e. The summed E-state index contributed by atoms with van der Waals surface area (Å²) >= 11 is 0. The van der Waals surface area contributed by atoms with Crippen LogP contribution in [0.1, 0.15) is 39.0 Å². The van der Waals surface area contributed by atoms with E-state index >= 15 is 0 Å². The first-order valence-corrected chi connectivity index (χ1v) is 10.7. The molecule has 1 aliphatic carbocycles. The Bertz CT molecular complexity index is 796. The van der Waals surface area contributed by atoms with Crippen LogP contribution in [0.4, 0.5) is 11.4 Å². The second kappa shape index (κ2) is 8.45. The number of sulfonamides is 1. The molecule has 0 aromatic heterocycles. The van der Waals surface area contributed by atoms with Gasteiger partial charge in [-0.3, -0.25) is 4.72 Å². The van der Waals surface area contributed by atoms with Gasteiger partial charge in [-0.05, 0) is 80.6 Å². The van der Waals surface area contributed by atoms with Crippen molar-refractivity contribution < 1.29 is 13.2 Å². The summed E-state index contributed by atoms with van der Waals surface area (Å²) in [6.45, 7) is 2.99. The van der Waals surface area contributed by atoms with Crippen LogP contribution >= 0.6 is 0 Å². The van der Waals surface area contributed by atoms with Gasteiger partial charge in [0.1, 0.15) is 5.75 Å². The van der Waals surface area contributed by atoms with Crippen molar-refractivity contribution in [3.05, 3.63) is 48.5 Å². The van der Waals surface area contributed by atoms with Gasteiger partial charge in [-0.1, -0.05) is 6.92 Å². The number of hydrogen-bond acceptors (Lipinski definition) is 4. The first kappa shape index (κ1) is 18.6. The number of hydrogen-bond donors (Lipinski definition) is 2. The molecule has 0 atom stereocenters. The van der Waals surface area contributed by atoms with E-state index in [0.29, 0.717) is 5.69 Å². The normalized spacial score (nSPS) is 15.0. The Labute approximate surface area is 155 Å². The lowest BCUT2D eigenvalue weighted by Gasteiger charge is -2.14. The van der Waals surface area contributed by atoms with Gasteiger partial charge >= 0.3 is 0 Å². The molecule has 0 amide bonds. The van der Waals surface area contributed by atoms with Crippen molar-refractivity contribution >= 4 is 21.4 Å². The first-order chi connectivity index (χ1) is 12.6. The summed E-state index contributed by atoms with van der Waals surface area (Å²) in [6, 6.07) is 13.9. The van der Waals surface area contributed by atoms with E-state index in [1.54, 1.807) is 36.4 Å². The van der Waals surface area contributed by atoms with Gasteiger partial charge in [0.05, 0.1) is 11.0 Å². The fraction of sp³-hybridized carbons (Fsp3) is 0.400. The molecule has 1 aliphatic rings. The summed E-state index contributed by atoms with van der Waals surface area (Å²) in [5.74, 6) is 0.724. The Hall–Kier alpha value is -2.21. The third-order valence-electron chi connectivity index (χ3n) is 4.46. The van der Waals surface area contributed by atoms with Gasteiger partial charge in [0, 0.05) is 17.9 Å². The average Bonchev–Trinajstić information content (AvgIpc) is 3.14. The lowest BCUT2D eigenvalue weighted by Crippen LogP contribution is -2.13. The van der Waals surface area contributed by atoms with Crippen molar-refractivity contribution in [2.45, 2.75) is 50.0 Å². The van der Waals surface area contributed by atoms with Crippen molar-refractivity contribution in [3.8, 4) is 5.75 Å². The Morgan fingerprint density at radius 2 is 1.58 bits per heavy atom. The molecule has 6 heteroatoms. The lowest BCUT2D eigenvalue weighted by molar-refractivity contribution is 0.210. The van der Waals surface area contributed by atoms with Gasteiger partial charge in [0.25, 0.3) is 10.0 Å². The minimum atomic E-state index is -3.61. The van der Waals surface area contributed by atoms with Gasteiger partial charge in [-0.25, -0.2) is 8.42 Å². The highest BCUT2D eigenvalue weighted by molar-refractivity contribution is 7.92. The summed E-state index contributed by atoms with van der Waals surface area (Å²) in [4.78, 5) is 0.226. The van der Waals surface area contributed by atoms with Crippen LogP contribution < -0.4 is 14.8 Å². The standard InChI is InChI=1S/C20H26N2O3S/c1-2-15-21-16-7-9-17(10-8-16)22-26(23,24)20-13-11-19(12-14-20)25-18-5-3-4-6-18/h7-14,18,21-22H,2-6,15H2,1H3. The van der Waals surface area contributed by atoms with E-state index in [1.165, 1.54) is 12.8 Å². The van der Waals surface area contributed by atoms with Crippen LogP contribution in [0.3, 0.4) is 0 Å². The van der Waals surface area contributed by atoms with Crippen LogP contribution in [0.5, 0.6) is 5.75 Å². The summed E-state index contributed by atoms with van der Waals surface area (Å²) in [6.07, 6.45) is 5.85. The second-order valence-corrected chi connectivity index (χ2v) is 8.29. The molecule has 3 rings (SSSR count). The summed E-state index contributed by atoms with van der Waals surface area (Å²) in [7, 11) is -3.61. The van der Waals surface area contributed by atoms with Crippen LogP contribution in [-0.4, -0.2) is 21.1 Å². The first-order valence-electron chi connectivity index (χ1n) is 9.20. The van der Waals surface area contributed by atoms with Crippen molar-refractivity contribution in [2.75, 3.05) is 16.6 Å². The highest BCUT2D eigenvalue weighted by Crippen LogP contribution is 2.25. The molecule has 0 radical (unpaired) electrons. The van der Waals surface area contributed by atoms with Crippen LogP contribution in [0.25, 0.3) is 0 Å². The van der Waals surface area contributed by atoms with Crippen molar-refractivity contribution in [3.63, 3.8) is 0 Å². The summed E-state index contributed by atoms with van der Waals surface area (Å²) in [5, 5.41) is 3.26. The number of benzene rings is 2. The van der Waals surface area contributed by atoms with Crippen molar-refractivity contribution in [2.24, 2.45) is 0 Å². The van der Waals surface area contributed by atoms with Crippen LogP contribution in [0.2, 0.25) is 0 Å². The molecular weight excluding hydrogens is 348 g/mol. The van der Waals surface area contributed by atoms with E-state index in [0.717, 1.165) is 37.2 Å². The van der Waals surface area contributed by atoms with E-state index < -0.39 is 10.0 Å². The summed E-state index contributed by atoms with van der Waals surface area (Å²) in [5.41, 5.74) is 1.52. The highest BCUT2D eigenvalue weighted by atomic mass is 32.2. The van der Waals surface area contributed by atoms with Crippen LogP contribution in [-0.2, 0) is 10.0 Å². The molecule has 26 heavy (non-hydrogen) atoms. The zero-order chi connectivity index (χ0) is 18.4. The zero-order valence-corrected chi connectivity index (χ0v) is 15.9. The minimum Gasteiger partial charge on any atom is -0.490 e. The number of nitrogens with one attached hydrogen (secondary N) is 2. The van der Waals surface area contributed by atoms with Crippen molar-refractivity contribution in [1.82, 2.24) is 0 Å². The maximum absolute atomic E-state index is 12.5. The molecule has 0 saturated heterocycles. The number of rotatable bonds is 8. The highest BCUT2D eigenvalue weighted by Gasteiger charge is 2.18. The molecule has 2 aromatic rings. The Kier molecular flexibility index (Phi) is 6.04. The number of anilines is 2. The van der Waals surface area contributed by atoms with E-state index in [9.17, 15) is 8.42 Å². The number of ether oxygens (including phenoxy) is 1. The van der Waals surface area contributed by atoms with Gasteiger partial charge in [0.2, 0.25) is 0 Å². The smallest absolute Gasteiger partial charge is 0.261 e. The van der Waals surface area contributed by atoms with E-state index in [2.05, 4.69) is 17.0 Å². The Balaban J connectivity index is 1.63. The Morgan fingerprint density at radius 3 is 2.19 bits per heavy atom. The lowest BCUT2D eigenvalue weighted by atomic mass is 10.3. The molecule has 0 bridgehead atoms. The molecule has 0 unspecified atom stereocenters. The summed E-state index contributed by atoms with van der Waals surface area (Å²) < 4.78 is 33.6. The average molecular weight is 375 g/mol. The minimum absolute atomic E-state index is 0.226. The van der Waals surface area contributed by atoms with Gasteiger partial charge in [-0.2, -0.15) is 0 Å². The zero-order valence-electron chi connectivity index (χ0n) is 15.1. The molecule has 2 N–H and O–H groups in total. The largest absolute Gasteiger partial charge is 0.490 e. The van der Waals surface area contributed by atoms with Gasteiger partial charge in [0.15, 0.2) is 0 Å². The van der Waals surface area contributed by atoms with Crippen molar-refractivity contribution in [1.29, 1.82) is 0 Å². The third-order valence-corrected chi connectivity index (χ3v) is 5.85. The fourth-order valence-corrected chi connectivity index (χ4v) is 4.09. The molecule has 140 valence electrons. The fourth-order valence-electron chi connectivity index (χ4n) is 3.04. The van der Waals surface area contributed by atoms with Crippen LogP contribution in [0.15, 0.2) is 53.4 Å². The van der Waals surface area contributed by atoms with E-state index in [-0.39, 0.29) is 11.0 Å². The Morgan fingerprint density at radius 1 is 0.962 bits per heavy atom. The SMILES string of the molecule is CCCNc1ccc(NS(=O)(=O)c2ccc(OC3CCCC3)cc2)cc1. The molecule has 5 nitrogen and oxygen atoms in total. The van der Waals surface area contributed by atoms with Gasteiger partial charge < -0.3 is 10.1 Å². The predicted octanol–water partition coefficient (Wildman–Crippen LogP) is 4.63. The molecule has 1 saturated carbocycles. The maximum atomic E-state index is 12.5. The molecule has 0 heterocycles. The van der Waals surface area contributed by atoms with E-state index in [1.807, 2.05) is 12.1 Å². The second-order valence-electron chi connectivity index (χ2n) is 6.61. The topological polar surface area (TPSA) is 67.4 Å². The molecule has 2 aromatic carbocycles. The third kappa shape index (κ3) is 4.91. The van der Waals surface area contributed by atoms with E-state index in [4.69, 9.17) is 4.74 Å². The van der Waals surface area contributed by atoms with Crippen LogP contribution in [0, 0.1) is 0 Å². The monoisotopic (exact) mass is 374 g/mol. The molecular formula is C20H26N2O3S. The molecule has 1 fully saturated rings.